The van der Waals surface area contributed by atoms with Crippen LogP contribution in [0.25, 0.3) is 10.9 Å². The minimum atomic E-state index is -0.189. The molecule has 3 aromatic rings. The van der Waals surface area contributed by atoms with E-state index in [1.165, 1.54) is 0 Å². The number of nitrogens with zero attached hydrogens (tertiary/aromatic N) is 2. The minimum absolute atomic E-state index is 0.0882. The van der Waals surface area contributed by atoms with E-state index in [1.54, 1.807) is 30.3 Å². The Hall–Kier alpha value is -2.70. The number of amides is 1. The van der Waals surface area contributed by atoms with E-state index >= 15 is 0 Å². The van der Waals surface area contributed by atoms with Crippen molar-refractivity contribution in [2.75, 3.05) is 13.2 Å². The molecule has 33 heavy (non-hydrogen) atoms. The Morgan fingerprint density at radius 1 is 1.15 bits per heavy atom. The summed E-state index contributed by atoms with van der Waals surface area (Å²) < 4.78 is 1.97. The Morgan fingerprint density at radius 2 is 1.91 bits per heavy atom. The van der Waals surface area contributed by atoms with Gasteiger partial charge < -0.3 is 10.4 Å². The highest BCUT2D eigenvalue weighted by atomic mass is 35.5. The molecule has 0 aliphatic carbocycles. The molecule has 176 valence electrons. The first-order chi connectivity index (χ1) is 15.9. The van der Waals surface area contributed by atoms with Gasteiger partial charge in [0.25, 0.3) is 5.91 Å². The van der Waals surface area contributed by atoms with Crippen molar-refractivity contribution in [2.24, 2.45) is 5.92 Å². The second-order valence-corrected chi connectivity index (χ2v) is 8.92. The first-order valence-corrected chi connectivity index (χ1v) is 11.9. The zero-order valence-electron chi connectivity index (χ0n) is 19.3. The normalized spacial score (nSPS) is 12.1. The molecular formula is C26H32ClN3O3. The lowest BCUT2D eigenvalue weighted by Crippen LogP contribution is -2.26. The van der Waals surface area contributed by atoms with Crippen LogP contribution in [-0.4, -0.2) is 39.7 Å². The highest BCUT2D eigenvalue weighted by Crippen LogP contribution is 2.24. The lowest BCUT2D eigenvalue weighted by molar-refractivity contribution is 0.0942. The van der Waals surface area contributed by atoms with Crippen molar-refractivity contribution in [1.29, 1.82) is 0 Å². The lowest BCUT2D eigenvalue weighted by atomic mass is 9.95. The van der Waals surface area contributed by atoms with Gasteiger partial charge >= 0.3 is 0 Å². The molecule has 3 rings (SSSR count). The number of carbonyl (C=O) groups excluding carboxylic acids is 2. The van der Waals surface area contributed by atoms with E-state index in [0.29, 0.717) is 28.5 Å². The van der Waals surface area contributed by atoms with Crippen molar-refractivity contribution in [2.45, 2.75) is 52.5 Å². The summed E-state index contributed by atoms with van der Waals surface area (Å²) in [7, 11) is 0. The Balaban J connectivity index is 1.64. The van der Waals surface area contributed by atoms with Gasteiger partial charge in [-0.15, -0.1) is 0 Å². The lowest BCUT2D eigenvalue weighted by Gasteiger charge is -2.16. The Bertz CT molecular complexity index is 1090. The van der Waals surface area contributed by atoms with Crippen LogP contribution in [0, 0.1) is 12.8 Å². The summed E-state index contributed by atoms with van der Waals surface area (Å²) in [5.41, 5.74) is 3.05. The van der Waals surface area contributed by atoms with Crippen LogP contribution in [0.2, 0.25) is 5.02 Å². The van der Waals surface area contributed by atoms with E-state index in [1.807, 2.05) is 23.9 Å². The molecule has 1 heterocycles. The number of aromatic nitrogens is 2. The Kier molecular flexibility index (Phi) is 9.03. The molecule has 1 aromatic heterocycles. The molecule has 0 spiro atoms. The van der Waals surface area contributed by atoms with Crippen LogP contribution < -0.4 is 5.32 Å². The van der Waals surface area contributed by atoms with Gasteiger partial charge in [0, 0.05) is 47.2 Å². The number of nitrogens with one attached hydrogen (secondary N) is 1. The van der Waals surface area contributed by atoms with Gasteiger partial charge in [0.05, 0.1) is 12.1 Å². The number of aliphatic hydroxyl groups is 1. The molecule has 6 nitrogen and oxygen atoms in total. The number of hydrogen-bond donors (Lipinski definition) is 2. The highest BCUT2D eigenvalue weighted by molar-refractivity contribution is 6.30. The number of aliphatic hydroxyl groups excluding tert-OH is 1. The fraction of sp³-hybridized carbons (Fsp3) is 0.423. The number of ketones is 1. The van der Waals surface area contributed by atoms with E-state index in [-0.39, 0.29) is 24.8 Å². The second-order valence-electron chi connectivity index (χ2n) is 8.48. The molecule has 2 N–H and O–H groups in total. The van der Waals surface area contributed by atoms with Gasteiger partial charge in [-0.05, 0) is 74.1 Å². The zero-order chi connectivity index (χ0) is 23.8. The standard InChI is InChI=1S/C26H32ClN3O3/c1-3-5-19(6-4-7-25(32)20-8-10-21(27)11-9-20)16-30-17-23-18(2)22(12-13-24(23)29-30)26(33)28-14-15-31/h8-13,17,19,31H,3-7,14-16H2,1-2H3,(H,28,33). The predicted octanol–water partition coefficient (Wildman–Crippen LogP) is 5.19. The first kappa shape index (κ1) is 24.9. The Labute approximate surface area is 199 Å². The fourth-order valence-electron chi connectivity index (χ4n) is 4.22. The van der Waals surface area contributed by atoms with Crippen molar-refractivity contribution >= 4 is 34.2 Å². The molecule has 0 bridgehead atoms. The average Bonchev–Trinajstić information content (AvgIpc) is 3.21. The van der Waals surface area contributed by atoms with Gasteiger partial charge in [0.2, 0.25) is 0 Å². The number of rotatable bonds is 12. The van der Waals surface area contributed by atoms with Crippen LogP contribution in [0.15, 0.2) is 42.6 Å². The molecule has 2 aromatic carbocycles. The third-order valence-electron chi connectivity index (χ3n) is 5.97. The molecule has 1 unspecified atom stereocenters. The quantitative estimate of drug-likeness (QED) is 0.357. The highest BCUT2D eigenvalue weighted by Gasteiger charge is 2.16. The van der Waals surface area contributed by atoms with Crippen LogP contribution >= 0.6 is 11.6 Å². The largest absolute Gasteiger partial charge is 0.395 e. The zero-order valence-corrected chi connectivity index (χ0v) is 20.1. The van der Waals surface area contributed by atoms with Crippen LogP contribution in [0.1, 0.15) is 65.3 Å². The summed E-state index contributed by atoms with van der Waals surface area (Å²) >= 11 is 5.91. The summed E-state index contributed by atoms with van der Waals surface area (Å²) in [6, 6.07) is 10.7. The third kappa shape index (κ3) is 6.65. The van der Waals surface area contributed by atoms with E-state index in [4.69, 9.17) is 21.8 Å². The summed E-state index contributed by atoms with van der Waals surface area (Å²) in [4.78, 5) is 24.8. The van der Waals surface area contributed by atoms with Gasteiger partial charge in [-0.1, -0.05) is 24.9 Å². The van der Waals surface area contributed by atoms with E-state index in [2.05, 4.69) is 12.2 Å². The van der Waals surface area contributed by atoms with Crippen molar-refractivity contribution in [1.82, 2.24) is 15.1 Å². The molecule has 7 heteroatoms. The maximum atomic E-state index is 12.5. The van der Waals surface area contributed by atoms with Crippen LogP contribution in [0.3, 0.4) is 0 Å². The maximum absolute atomic E-state index is 12.5. The summed E-state index contributed by atoms with van der Waals surface area (Å²) in [6.45, 7) is 5.02. The second kappa shape index (κ2) is 12.0. The summed E-state index contributed by atoms with van der Waals surface area (Å²) in [5, 5.41) is 18.0. The Morgan fingerprint density at radius 3 is 2.61 bits per heavy atom. The average molecular weight is 470 g/mol. The number of benzene rings is 2. The summed E-state index contributed by atoms with van der Waals surface area (Å²) in [6.07, 6.45) is 6.46. The fourth-order valence-corrected chi connectivity index (χ4v) is 4.34. The number of aryl methyl sites for hydroxylation is 1. The molecule has 1 atom stereocenters. The molecule has 0 aliphatic rings. The van der Waals surface area contributed by atoms with Crippen molar-refractivity contribution in [3.63, 3.8) is 0 Å². The third-order valence-corrected chi connectivity index (χ3v) is 6.22. The van der Waals surface area contributed by atoms with E-state index in [0.717, 1.165) is 48.7 Å². The first-order valence-electron chi connectivity index (χ1n) is 11.6. The molecular weight excluding hydrogens is 438 g/mol. The minimum Gasteiger partial charge on any atom is -0.395 e. The van der Waals surface area contributed by atoms with E-state index in [9.17, 15) is 9.59 Å². The van der Waals surface area contributed by atoms with Gasteiger partial charge in [-0.3, -0.25) is 14.3 Å². The van der Waals surface area contributed by atoms with Gasteiger partial charge in [-0.25, -0.2) is 0 Å². The SMILES string of the molecule is CCCC(CCCC(=O)c1ccc(Cl)cc1)Cn1cc2c(C)c(C(=O)NCCO)ccc2n1. The molecule has 0 saturated carbocycles. The van der Waals surface area contributed by atoms with E-state index < -0.39 is 0 Å². The molecule has 0 saturated heterocycles. The number of carbonyl (C=O) groups is 2. The van der Waals surface area contributed by atoms with Gasteiger partial charge in [-0.2, -0.15) is 5.10 Å². The van der Waals surface area contributed by atoms with Crippen molar-refractivity contribution < 1.29 is 14.7 Å². The predicted molar refractivity (Wildman–Crippen MR) is 132 cm³/mol. The van der Waals surface area contributed by atoms with Crippen LogP contribution in [-0.2, 0) is 6.54 Å². The molecule has 0 fully saturated rings. The van der Waals surface area contributed by atoms with Crippen molar-refractivity contribution in [3.8, 4) is 0 Å². The smallest absolute Gasteiger partial charge is 0.251 e. The van der Waals surface area contributed by atoms with Crippen LogP contribution in [0.5, 0.6) is 0 Å². The van der Waals surface area contributed by atoms with Crippen molar-refractivity contribution in [3.05, 3.63) is 64.3 Å². The molecule has 0 radical (unpaired) electrons. The number of halogens is 1. The molecule has 0 aliphatic heterocycles. The monoisotopic (exact) mass is 469 g/mol. The number of Topliss-reactive ketones (excluding diaryl/α,β-unsaturated/α-hetero) is 1. The topological polar surface area (TPSA) is 84.2 Å². The summed E-state index contributed by atoms with van der Waals surface area (Å²) in [5.74, 6) is 0.384. The molecule has 1 amide bonds. The van der Waals surface area contributed by atoms with Crippen LogP contribution in [0.4, 0.5) is 0 Å². The van der Waals surface area contributed by atoms with Gasteiger partial charge in [0.1, 0.15) is 0 Å². The van der Waals surface area contributed by atoms with Gasteiger partial charge in [0.15, 0.2) is 5.78 Å². The number of fused-ring (bicyclic) bond motifs is 1. The maximum Gasteiger partial charge on any atom is 0.251 e. The number of hydrogen-bond acceptors (Lipinski definition) is 4.